The molecule has 0 saturated carbocycles. The Hall–Kier alpha value is -0.900. The average molecular weight is 221 g/mol. The molecule has 1 aliphatic heterocycles. The molecule has 1 atom stereocenters. The van der Waals surface area contributed by atoms with Gasteiger partial charge in [-0.3, -0.25) is 0 Å². The van der Waals surface area contributed by atoms with Crippen molar-refractivity contribution in [2.24, 2.45) is 5.73 Å². The van der Waals surface area contributed by atoms with Gasteiger partial charge in [-0.1, -0.05) is 30.3 Å². The first kappa shape index (κ1) is 11.6. The van der Waals surface area contributed by atoms with Crippen LogP contribution >= 0.6 is 0 Å². The Labute approximate surface area is 96.5 Å². The lowest BCUT2D eigenvalue weighted by Crippen LogP contribution is -2.41. The lowest BCUT2D eigenvalue weighted by atomic mass is 9.89. The van der Waals surface area contributed by atoms with Gasteiger partial charge in [-0.2, -0.15) is 0 Å². The quantitative estimate of drug-likeness (QED) is 0.841. The van der Waals surface area contributed by atoms with Crippen LogP contribution in [0.4, 0.5) is 0 Å². The molecule has 0 radical (unpaired) electrons. The van der Waals surface area contributed by atoms with E-state index in [2.05, 4.69) is 12.1 Å². The van der Waals surface area contributed by atoms with E-state index >= 15 is 0 Å². The Bertz CT molecular complexity index is 307. The predicted molar refractivity (Wildman–Crippen MR) is 63.2 cm³/mol. The van der Waals surface area contributed by atoms with Gasteiger partial charge in [0.15, 0.2) is 0 Å². The Morgan fingerprint density at radius 1 is 1.19 bits per heavy atom. The van der Waals surface area contributed by atoms with Gasteiger partial charge < -0.3 is 15.2 Å². The molecule has 0 spiro atoms. The number of hydrogen-bond acceptors (Lipinski definition) is 3. The maximum Gasteiger partial charge on any atom is 0.116 e. The van der Waals surface area contributed by atoms with E-state index in [0.29, 0.717) is 26.4 Å². The number of nitrogens with two attached hydrogens (primary N) is 1. The van der Waals surface area contributed by atoms with E-state index < -0.39 is 0 Å². The summed E-state index contributed by atoms with van der Waals surface area (Å²) in [6, 6.07) is 10.3. The summed E-state index contributed by atoms with van der Waals surface area (Å²) in [5.74, 6) is 0. The van der Waals surface area contributed by atoms with Crippen molar-refractivity contribution in [3.63, 3.8) is 0 Å². The predicted octanol–water partition coefficient (Wildman–Crippen LogP) is 1.67. The van der Waals surface area contributed by atoms with Crippen LogP contribution < -0.4 is 5.73 Å². The Morgan fingerprint density at radius 3 is 2.62 bits per heavy atom. The number of ether oxygens (including phenoxy) is 2. The second-order valence-electron chi connectivity index (χ2n) is 4.15. The maximum absolute atomic E-state index is 5.97. The molecular weight excluding hydrogens is 202 g/mol. The van der Waals surface area contributed by atoms with E-state index in [9.17, 15) is 0 Å². The SMILES string of the molecule is NCCCC1(c2ccccc2)COCCO1. The molecule has 2 rings (SSSR count). The number of rotatable bonds is 4. The molecule has 3 heteroatoms. The number of benzene rings is 1. The molecule has 0 aromatic heterocycles. The van der Waals surface area contributed by atoms with Crippen LogP contribution in [-0.2, 0) is 15.1 Å². The molecule has 1 saturated heterocycles. The molecule has 2 N–H and O–H groups in total. The van der Waals surface area contributed by atoms with Crippen LogP contribution in [0.25, 0.3) is 0 Å². The molecule has 0 amide bonds. The van der Waals surface area contributed by atoms with Gasteiger partial charge in [-0.05, 0) is 24.9 Å². The van der Waals surface area contributed by atoms with Crippen LogP contribution in [0, 0.1) is 0 Å². The summed E-state index contributed by atoms with van der Waals surface area (Å²) in [7, 11) is 0. The minimum atomic E-state index is -0.279. The van der Waals surface area contributed by atoms with E-state index in [4.69, 9.17) is 15.2 Å². The zero-order valence-corrected chi connectivity index (χ0v) is 9.52. The van der Waals surface area contributed by atoms with Gasteiger partial charge >= 0.3 is 0 Å². The van der Waals surface area contributed by atoms with Crippen LogP contribution in [0.15, 0.2) is 30.3 Å². The first-order valence-corrected chi connectivity index (χ1v) is 5.85. The van der Waals surface area contributed by atoms with E-state index in [1.54, 1.807) is 0 Å². The molecule has 1 aromatic carbocycles. The fourth-order valence-electron chi connectivity index (χ4n) is 2.16. The molecule has 0 bridgehead atoms. The molecule has 16 heavy (non-hydrogen) atoms. The summed E-state index contributed by atoms with van der Waals surface area (Å²) < 4.78 is 11.5. The van der Waals surface area contributed by atoms with Gasteiger partial charge in [0.25, 0.3) is 0 Å². The molecule has 88 valence electrons. The Kier molecular flexibility index (Phi) is 3.93. The van der Waals surface area contributed by atoms with Gasteiger partial charge in [-0.15, -0.1) is 0 Å². The third-order valence-electron chi connectivity index (χ3n) is 3.03. The van der Waals surface area contributed by atoms with Crippen molar-refractivity contribution in [1.82, 2.24) is 0 Å². The van der Waals surface area contributed by atoms with Crippen molar-refractivity contribution >= 4 is 0 Å². The first-order valence-electron chi connectivity index (χ1n) is 5.85. The lowest BCUT2D eigenvalue weighted by molar-refractivity contribution is -0.166. The van der Waals surface area contributed by atoms with Crippen molar-refractivity contribution in [2.45, 2.75) is 18.4 Å². The zero-order valence-electron chi connectivity index (χ0n) is 9.52. The summed E-state index contributed by atoms with van der Waals surface area (Å²) in [4.78, 5) is 0. The highest BCUT2D eigenvalue weighted by Gasteiger charge is 2.35. The fourth-order valence-corrected chi connectivity index (χ4v) is 2.16. The second kappa shape index (κ2) is 5.43. The van der Waals surface area contributed by atoms with E-state index in [1.807, 2.05) is 18.2 Å². The lowest BCUT2D eigenvalue weighted by Gasteiger charge is -2.37. The fraction of sp³-hybridized carbons (Fsp3) is 0.538. The number of hydrogen-bond donors (Lipinski definition) is 1. The van der Waals surface area contributed by atoms with E-state index in [0.717, 1.165) is 12.8 Å². The Morgan fingerprint density at radius 2 is 2.00 bits per heavy atom. The molecule has 0 aliphatic carbocycles. The Balaban J connectivity index is 2.19. The third kappa shape index (κ3) is 2.43. The molecular formula is C13H19NO2. The second-order valence-corrected chi connectivity index (χ2v) is 4.15. The van der Waals surface area contributed by atoms with Gasteiger partial charge in [0, 0.05) is 0 Å². The highest BCUT2D eigenvalue weighted by molar-refractivity contribution is 5.23. The molecule has 1 aromatic rings. The van der Waals surface area contributed by atoms with Crippen molar-refractivity contribution in [2.75, 3.05) is 26.4 Å². The first-order chi connectivity index (χ1) is 7.87. The van der Waals surface area contributed by atoms with Gasteiger partial charge in [0.05, 0.1) is 19.8 Å². The minimum absolute atomic E-state index is 0.279. The topological polar surface area (TPSA) is 44.5 Å². The minimum Gasteiger partial charge on any atom is -0.376 e. The van der Waals surface area contributed by atoms with Crippen molar-refractivity contribution in [3.05, 3.63) is 35.9 Å². The largest absolute Gasteiger partial charge is 0.376 e. The summed E-state index contributed by atoms with van der Waals surface area (Å²) in [6.45, 7) is 2.69. The van der Waals surface area contributed by atoms with Gasteiger partial charge in [0.2, 0.25) is 0 Å². The highest BCUT2D eigenvalue weighted by atomic mass is 16.6. The normalized spacial score (nSPS) is 25.6. The van der Waals surface area contributed by atoms with Crippen molar-refractivity contribution in [3.8, 4) is 0 Å². The summed E-state index contributed by atoms with van der Waals surface area (Å²) in [5.41, 5.74) is 6.50. The summed E-state index contributed by atoms with van der Waals surface area (Å²) >= 11 is 0. The molecule has 1 fully saturated rings. The van der Waals surface area contributed by atoms with Crippen LogP contribution in [0.3, 0.4) is 0 Å². The molecule has 1 aliphatic rings. The van der Waals surface area contributed by atoms with Gasteiger partial charge in [0.1, 0.15) is 5.60 Å². The zero-order chi connectivity index (χ0) is 11.3. The van der Waals surface area contributed by atoms with E-state index in [1.165, 1.54) is 5.56 Å². The van der Waals surface area contributed by atoms with Crippen LogP contribution in [0.5, 0.6) is 0 Å². The summed E-state index contributed by atoms with van der Waals surface area (Å²) in [6.07, 6.45) is 1.88. The monoisotopic (exact) mass is 221 g/mol. The molecule has 3 nitrogen and oxygen atoms in total. The summed E-state index contributed by atoms with van der Waals surface area (Å²) in [5, 5.41) is 0. The van der Waals surface area contributed by atoms with Gasteiger partial charge in [-0.25, -0.2) is 0 Å². The molecule has 1 unspecified atom stereocenters. The highest BCUT2D eigenvalue weighted by Crippen LogP contribution is 2.33. The van der Waals surface area contributed by atoms with Crippen molar-refractivity contribution < 1.29 is 9.47 Å². The van der Waals surface area contributed by atoms with Crippen LogP contribution in [0.1, 0.15) is 18.4 Å². The van der Waals surface area contributed by atoms with E-state index in [-0.39, 0.29) is 5.60 Å². The molecule has 1 heterocycles. The average Bonchev–Trinajstić information content (AvgIpc) is 2.38. The maximum atomic E-state index is 5.97. The third-order valence-corrected chi connectivity index (χ3v) is 3.03. The van der Waals surface area contributed by atoms with Crippen molar-refractivity contribution in [1.29, 1.82) is 0 Å². The van der Waals surface area contributed by atoms with Crippen LogP contribution in [0.2, 0.25) is 0 Å². The standard InChI is InChI=1S/C13H19NO2/c14-8-4-7-13(11-15-9-10-16-13)12-5-2-1-3-6-12/h1-3,5-6H,4,7-11,14H2. The van der Waals surface area contributed by atoms with Crippen LogP contribution in [-0.4, -0.2) is 26.4 Å². The smallest absolute Gasteiger partial charge is 0.116 e.